The summed E-state index contributed by atoms with van der Waals surface area (Å²) in [6.45, 7) is 1.81. The van der Waals surface area contributed by atoms with Crippen molar-refractivity contribution in [2.24, 2.45) is 0 Å². The Hall–Kier alpha value is -1.79. The number of carbonyl (C=O) groups excluding carboxylic acids is 1. The first kappa shape index (κ1) is 15.1. The van der Waals surface area contributed by atoms with Gasteiger partial charge in [-0.1, -0.05) is 12.1 Å². The molecule has 2 N–H and O–H groups in total. The molecule has 116 valence electrons. The van der Waals surface area contributed by atoms with Gasteiger partial charge < -0.3 is 10.6 Å². The van der Waals surface area contributed by atoms with E-state index in [0.717, 1.165) is 35.8 Å². The average Bonchev–Trinajstić information content (AvgIpc) is 3.14. The summed E-state index contributed by atoms with van der Waals surface area (Å²) in [5.74, 6) is -0.214. The monoisotopic (exact) mass is 319 g/mol. The highest BCUT2D eigenvalue weighted by molar-refractivity contribution is 7.09. The number of thiazole rings is 1. The summed E-state index contributed by atoms with van der Waals surface area (Å²) in [7, 11) is 0. The fraction of sp³-hybridized carbons (Fsp3) is 0.375. The molecule has 1 saturated heterocycles. The fourth-order valence-electron chi connectivity index (χ4n) is 2.51. The Morgan fingerprint density at radius 3 is 2.95 bits per heavy atom. The number of aromatic nitrogens is 1. The first-order valence-corrected chi connectivity index (χ1v) is 8.25. The minimum absolute atomic E-state index is 0.0207. The van der Waals surface area contributed by atoms with E-state index in [2.05, 4.69) is 15.6 Å². The zero-order valence-electron chi connectivity index (χ0n) is 12.1. The normalized spacial score (nSPS) is 17.6. The third-order valence-electron chi connectivity index (χ3n) is 3.64. The van der Waals surface area contributed by atoms with Gasteiger partial charge in [0.25, 0.3) is 0 Å². The first-order chi connectivity index (χ1) is 10.7. The van der Waals surface area contributed by atoms with Crippen molar-refractivity contribution < 1.29 is 9.18 Å². The molecule has 1 unspecified atom stereocenters. The summed E-state index contributed by atoms with van der Waals surface area (Å²) in [4.78, 5) is 16.4. The lowest BCUT2D eigenvalue weighted by atomic mass is 10.1. The molecule has 1 atom stereocenters. The maximum Gasteiger partial charge on any atom is 0.226 e. The first-order valence-electron chi connectivity index (χ1n) is 7.37. The summed E-state index contributed by atoms with van der Waals surface area (Å²) in [5, 5.41) is 9.10. The highest BCUT2D eigenvalue weighted by Gasteiger charge is 2.17. The minimum Gasteiger partial charge on any atom is -0.352 e. The van der Waals surface area contributed by atoms with E-state index in [9.17, 15) is 9.18 Å². The van der Waals surface area contributed by atoms with Crippen LogP contribution in [0.15, 0.2) is 29.6 Å². The number of halogens is 1. The predicted octanol–water partition coefficient (Wildman–Crippen LogP) is 1.89. The van der Waals surface area contributed by atoms with Crippen LogP contribution in [-0.2, 0) is 17.6 Å². The van der Waals surface area contributed by atoms with Gasteiger partial charge in [0.1, 0.15) is 5.82 Å². The number of benzene rings is 1. The molecule has 1 aromatic carbocycles. The van der Waals surface area contributed by atoms with E-state index in [4.69, 9.17) is 0 Å². The maximum atomic E-state index is 12.9. The molecule has 1 amide bonds. The van der Waals surface area contributed by atoms with E-state index in [1.807, 2.05) is 5.38 Å². The number of hydrogen-bond acceptors (Lipinski definition) is 4. The van der Waals surface area contributed by atoms with Crippen LogP contribution < -0.4 is 10.6 Å². The van der Waals surface area contributed by atoms with Gasteiger partial charge in [0.05, 0.1) is 17.1 Å². The summed E-state index contributed by atoms with van der Waals surface area (Å²) >= 11 is 1.54. The van der Waals surface area contributed by atoms with Crippen LogP contribution in [-0.4, -0.2) is 30.0 Å². The molecule has 0 saturated carbocycles. The third kappa shape index (κ3) is 4.11. The molecule has 1 fully saturated rings. The molecule has 3 rings (SSSR count). The molecule has 6 heteroatoms. The SMILES string of the molecule is O=C(Cc1csc(Cc2ccc(F)cc2)n1)NC1CCNC1. The average molecular weight is 319 g/mol. The highest BCUT2D eigenvalue weighted by Crippen LogP contribution is 2.15. The van der Waals surface area contributed by atoms with Gasteiger partial charge in [-0.2, -0.15) is 0 Å². The standard InChI is InChI=1S/C16H18FN3OS/c17-12-3-1-11(2-4-12)7-16-20-14(10-22-16)8-15(21)19-13-5-6-18-9-13/h1-4,10,13,18H,5-9H2,(H,19,21). The molecule has 0 aliphatic carbocycles. The van der Waals surface area contributed by atoms with Gasteiger partial charge in [0.2, 0.25) is 5.91 Å². The summed E-state index contributed by atoms with van der Waals surface area (Å²) in [5.41, 5.74) is 1.81. The molecule has 4 nitrogen and oxygen atoms in total. The van der Waals surface area contributed by atoms with Gasteiger partial charge >= 0.3 is 0 Å². The van der Waals surface area contributed by atoms with Crippen molar-refractivity contribution in [2.75, 3.05) is 13.1 Å². The minimum atomic E-state index is -0.235. The number of rotatable bonds is 5. The molecule has 1 aromatic heterocycles. The van der Waals surface area contributed by atoms with Crippen LogP contribution in [0.25, 0.3) is 0 Å². The van der Waals surface area contributed by atoms with Crippen LogP contribution in [0.5, 0.6) is 0 Å². The van der Waals surface area contributed by atoms with Crippen LogP contribution in [0.2, 0.25) is 0 Å². The molecule has 0 spiro atoms. The molecule has 0 radical (unpaired) electrons. The van der Waals surface area contributed by atoms with E-state index >= 15 is 0 Å². The van der Waals surface area contributed by atoms with E-state index in [1.54, 1.807) is 12.1 Å². The topological polar surface area (TPSA) is 54.0 Å². The largest absolute Gasteiger partial charge is 0.352 e. The second-order valence-corrected chi connectivity index (χ2v) is 6.41. The van der Waals surface area contributed by atoms with Crippen molar-refractivity contribution in [1.29, 1.82) is 0 Å². The van der Waals surface area contributed by atoms with Crippen LogP contribution in [0.3, 0.4) is 0 Å². The van der Waals surface area contributed by atoms with Crippen molar-refractivity contribution >= 4 is 17.2 Å². The van der Waals surface area contributed by atoms with E-state index in [1.165, 1.54) is 23.5 Å². The van der Waals surface area contributed by atoms with Crippen molar-refractivity contribution in [3.8, 4) is 0 Å². The molecule has 0 bridgehead atoms. The Morgan fingerprint density at radius 2 is 2.23 bits per heavy atom. The Kier molecular flexibility index (Phi) is 4.80. The lowest BCUT2D eigenvalue weighted by Gasteiger charge is -2.10. The molecular weight excluding hydrogens is 301 g/mol. The number of hydrogen-bond donors (Lipinski definition) is 2. The Balaban J connectivity index is 1.54. The van der Waals surface area contributed by atoms with E-state index < -0.39 is 0 Å². The van der Waals surface area contributed by atoms with Gasteiger partial charge in [-0.15, -0.1) is 11.3 Å². The molecular formula is C16H18FN3OS. The van der Waals surface area contributed by atoms with Crippen molar-refractivity contribution in [2.45, 2.75) is 25.3 Å². The number of nitrogens with one attached hydrogen (secondary N) is 2. The number of amides is 1. The summed E-state index contributed by atoms with van der Waals surface area (Å²) in [6.07, 6.45) is 1.97. The molecule has 2 heterocycles. The van der Waals surface area contributed by atoms with Crippen LogP contribution in [0.1, 0.15) is 22.7 Å². The van der Waals surface area contributed by atoms with E-state index in [0.29, 0.717) is 12.8 Å². The van der Waals surface area contributed by atoms with Gasteiger partial charge in [-0.3, -0.25) is 4.79 Å². The highest BCUT2D eigenvalue weighted by atomic mass is 32.1. The van der Waals surface area contributed by atoms with Crippen molar-refractivity contribution in [3.05, 3.63) is 51.7 Å². The zero-order chi connectivity index (χ0) is 15.4. The Morgan fingerprint density at radius 1 is 1.41 bits per heavy atom. The molecule has 1 aliphatic rings. The van der Waals surface area contributed by atoms with Crippen LogP contribution >= 0.6 is 11.3 Å². The van der Waals surface area contributed by atoms with Crippen LogP contribution in [0.4, 0.5) is 4.39 Å². The summed E-state index contributed by atoms with van der Waals surface area (Å²) < 4.78 is 12.9. The second-order valence-electron chi connectivity index (χ2n) is 5.47. The van der Waals surface area contributed by atoms with E-state index in [-0.39, 0.29) is 17.8 Å². The predicted molar refractivity (Wildman–Crippen MR) is 84.4 cm³/mol. The Bertz CT molecular complexity index is 635. The van der Waals surface area contributed by atoms with Gasteiger partial charge in [0.15, 0.2) is 0 Å². The second kappa shape index (κ2) is 6.98. The maximum absolute atomic E-state index is 12.9. The zero-order valence-corrected chi connectivity index (χ0v) is 13.0. The molecule has 2 aromatic rings. The smallest absolute Gasteiger partial charge is 0.226 e. The van der Waals surface area contributed by atoms with Crippen molar-refractivity contribution in [3.63, 3.8) is 0 Å². The quantitative estimate of drug-likeness (QED) is 0.885. The van der Waals surface area contributed by atoms with Gasteiger partial charge in [-0.25, -0.2) is 9.37 Å². The van der Waals surface area contributed by atoms with Crippen LogP contribution in [0, 0.1) is 5.82 Å². The fourth-order valence-corrected chi connectivity index (χ4v) is 3.34. The van der Waals surface area contributed by atoms with Crippen molar-refractivity contribution in [1.82, 2.24) is 15.6 Å². The Labute approximate surface area is 132 Å². The van der Waals surface area contributed by atoms with Gasteiger partial charge in [-0.05, 0) is 30.7 Å². The number of nitrogens with zero attached hydrogens (tertiary/aromatic N) is 1. The number of carbonyl (C=O) groups is 1. The lowest BCUT2D eigenvalue weighted by molar-refractivity contribution is -0.121. The lowest BCUT2D eigenvalue weighted by Crippen LogP contribution is -2.37. The van der Waals surface area contributed by atoms with Gasteiger partial charge in [0, 0.05) is 24.4 Å². The molecule has 22 heavy (non-hydrogen) atoms. The molecule has 1 aliphatic heterocycles. The third-order valence-corrected chi connectivity index (χ3v) is 4.53. The summed E-state index contributed by atoms with van der Waals surface area (Å²) in [6, 6.07) is 6.66.